The lowest BCUT2D eigenvalue weighted by Crippen LogP contribution is -2.38. The van der Waals surface area contributed by atoms with E-state index in [-0.39, 0.29) is 30.9 Å². The highest BCUT2D eigenvalue weighted by atomic mass is 19.4. The normalized spacial score (nSPS) is 24.0. The monoisotopic (exact) mass is 463 g/mol. The molecule has 1 N–H and O–H groups in total. The topological polar surface area (TPSA) is 49.8 Å². The van der Waals surface area contributed by atoms with Crippen molar-refractivity contribution in [3.63, 3.8) is 0 Å². The van der Waals surface area contributed by atoms with E-state index in [1.54, 1.807) is 0 Å². The second kappa shape index (κ2) is 9.92. The number of piperidine rings is 1. The fourth-order valence-corrected chi connectivity index (χ4v) is 5.43. The fraction of sp³-hybridized carbons (Fsp3) is 0.577. The van der Waals surface area contributed by atoms with Gasteiger partial charge < -0.3 is 9.84 Å². The summed E-state index contributed by atoms with van der Waals surface area (Å²) in [6.45, 7) is 3.70. The Balaban J connectivity index is 1.46. The lowest BCUT2D eigenvalue weighted by Gasteiger charge is -2.36. The van der Waals surface area contributed by atoms with E-state index in [1.807, 2.05) is 24.3 Å². The van der Waals surface area contributed by atoms with Gasteiger partial charge in [0.25, 0.3) is 0 Å². The maximum absolute atomic E-state index is 13.0. The number of carbonyl (C=O) groups is 1. The summed E-state index contributed by atoms with van der Waals surface area (Å²) in [4.78, 5) is 13.6. The molecule has 0 radical (unpaired) electrons. The van der Waals surface area contributed by atoms with Crippen LogP contribution in [0.2, 0.25) is 0 Å². The third-order valence-electron chi connectivity index (χ3n) is 7.39. The minimum absolute atomic E-state index is 0.125. The minimum atomic E-state index is -4.11. The molecule has 2 aromatic rings. The van der Waals surface area contributed by atoms with Gasteiger partial charge in [0, 0.05) is 11.4 Å². The molecule has 180 valence electrons. The molecule has 1 saturated heterocycles. The Kier molecular flexibility index (Phi) is 7.17. The second-order valence-electron chi connectivity index (χ2n) is 9.44. The summed E-state index contributed by atoms with van der Waals surface area (Å²) in [6, 6.07) is 12.4. The standard InChI is InChI=1S/C26H32F3NO3/c1-2-23(30-14-12-17(13-15-30)25(31)32)19-6-11-22-18(16-19)4-3-5-24(22)33-21-9-7-20(8-10-21)26(27,28)29/h3-6,11,16-17,20-21,23H,2,7-10,12-15H2,1H3,(H,31,32). The Morgan fingerprint density at radius 3 is 2.39 bits per heavy atom. The number of aliphatic carboxylic acids is 1. The highest BCUT2D eigenvalue weighted by molar-refractivity contribution is 5.89. The largest absolute Gasteiger partial charge is 0.490 e. The average molecular weight is 464 g/mol. The molecule has 2 aliphatic rings. The number of likely N-dealkylation sites (tertiary alicyclic amines) is 1. The van der Waals surface area contributed by atoms with Crippen molar-refractivity contribution in [1.82, 2.24) is 4.90 Å². The minimum Gasteiger partial charge on any atom is -0.490 e. The summed E-state index contributed by atoms with van der Waals surface area (Å²) in [5, 5.41) is 11.3. The SMILES string of the molecule is CCC(c1ccc2c(OC3CCC(C(F)(F)F)CC3)cccc2c1)N1CCC(C(=O)O)CC1. The molecule has 4 nitrogen and oxygen atoms in total. The first kappa shape index (κ1) is 23.9. The Morgan fingerprint density at radius 1 is 1.09 bits per heavy atom. The van der Waals surface area contributed by atoms with Gasteiger partial charge >= 0.3 is 12.1 Å². The van der Waals surface area contributed by atoms with Gasteiger partial charge in [0.15, 0.2) is 0 Å². The highest BCUT2D eigenvalue weighted by Crippen LogP contribution is 2.39. The van der Waals surface area contributed by atoms with Crippen molar-refractivity contribution in [2.24, 2.45) is 11.8 Å². The van der Waals surface area contributed by atoms with Gasteiger partial charge in [-0.3, -0.25) is 9.69 Å². The zero-order valence-corrected chi connectivity index (χ0v) is 19.0. The lowest BCUT2D eigenvalue weighted by atomic mass is 9.87. The van der Waals surface area contributed by atoms with Crippen LogP contribution >= 0.6 is 0 Å². The van der Waals surface area contributed by atoms with Gasteiger partial charge in [-0.2, -0.15) is 13.2 Å². The Bertz CT molecular complexity index is 961. The Hall–Kier alpha value is -2.28. The van der Waals surface area contributed by atoms with E-state index in [1.165, 1.54) is 5.56 Å². The van der Waals surface area contributed by atoms with Crippen molar-refractivity contribution in [3.05, 3.63) is 42.0 Å². The van der Waals surface area contributed by atoms with E-state index in [0.717, 1.165) is 36.0 Å². The van der Waals surface area contributed by atoms with Crippen LogP contribution in [0.1, 0.15) is 63.5 Å². The Labute approximate surface area is 192 Å². The molecule has 4 rings (SSSR count). The molecule has 7 heteroatoms. The van der Waals surface area contributed by atoms with Crippen LogP contribution in [-0.2, 0) is 4.79 Å². The molecule has 0 spiro atoms. The van der Waals surface area contributed by atoms with E-state index < -0.39 is 18.1 Å². The number of halogens is 3. The fourth-order valence-electron chi connectivity index (χ4n) is 5.43. The number of fused-ring (bicyclic) bond motifs is 1. The van der Waals surface area contributed by atoms with Crippen LogP contribution in [0.15, 0.2) is 36.4 Å². The molecule has 0 amide bonds. The van der Waals surface area contributed by atoms with Crippen molar-refractivity contribution in [3.8, 4) is 5.75 Å². The molecule has 33 heavy (non-hydrogen) atoms. The van der Waals surface area contributed by atoms with E-state index in [2.05, 4.69) is 24.0 Å². The van der Waals surface area contributed by atoms with Crippen LogP contribution in [0.3, 0.4) is 0 Å². The van der Waals surface area contributed by atoms with Gasteiger partial charge in [0.1, 0.15) is 5.75 Å². The van der Waals surface area contributed by atoms with E-state index in [9.17, 15) is 23.1 Å². The summed E-state index contributed by atoms with van der Waals surface area (Å²) in [5.74, 6) is -1.43. The van der Waals surface area contributed by atoms with Crippen LogP contribution in [0, 0.1) is 11.8 Å². The molecule has 1 heterocycles. The molecule has 1 aliphatic carbocycles. The zero-order chi connectivity index (χ0) is 23.6. The number of rotatable bonds is 6. The predicted octanol–water partition coefficient (Wildman–Crippen LogP) is 6.59. The number of carboxylic acid groups (broad SMARTS) is 1. The summed E-state index contributed by atoms with van der Waals surface area (Å²) in [5.41, 5.74) is 1.20. The second-order valence-corrected chi connectivity index (χ2v) is 9.44. The highest BCUT2D eigenvalue weighted by Gasteiger charge is 2.41. The van der Waals surface area contributed by atoms with E-state index in [4.69, 9.17) is 4.74 Å². The van der Waals surface area contributed by atoms with Gasteiger partial charge in [-0.15, -0.1) is 0 Å². The first-order valence-corrected chi connectivity index (χ1v) is 12.0. The first-order chi connectivity index (χ1) is 15.8. The molecule has 0 bridgehead atoms. The number of ether oxygens (including phenoxy) is 1. The summed E-state index contributed by atoms with van der Waals surface area (Å²) < 4.78 is 45.0. The van der Waals surface area contributed by atoms with E-state index >= 15 is 0 Å². The third-order valence-corrected chi connectivity index (χ3v) is 7.39. The van der Waals surface area contributed by atoms with Crippen molar-refractivity contribution < 1.29 is 27.8 Å². The maximum atomic E-state index is 13.0. The van der Waals surface area contributed by atoms with Crippen LogP contribution in [0.25, 0.3) is 10.8 Å². The molecule has 0 aromatic heterocycles. The molecule has 1 atom stereocenters. The van der Waals surface area contributed by atoms with Gasteiger partial charge in [-0.05, 0) is 81.1 Å². The molecular weight excluding hydrogens is 431 g/mol. The number of alkyl halides is 3. The number of hydrogen-bond acceptors (Lipinski definition) is 3. The number of benzene rings is 2. The molecule has 2 fully saturated rings. The summed E-state index contributed by atoms with van der Waals surface area (Å²) in [6.07, 6.45) is -0.929. The van der Waals surface area contributed by atoms with Gasteiger partial charge in [-0.25, -0.2) is 0 Å². The molecule has 1 unspecified atom stereocenters. The van der Waals surface area contributed by atoms with Crippen LogP contribution in [-0.4, -0.2) is 41.3 Å². The van der Waals surface area contributed by atoms with Crippen molar-refractivity contribution >= 4 is 16.7 Å². The smallest absolute Gasteiger partial charge is 0.391 e. The maximum Gasteiger partial charge on any atom is 0.391 e. The predicted molar refractivity (Wildman–Crippen MR) is 121 cm³/mol. The van der Waals surface area contributed by atoms with E-state index in [0.29, 0.717) is 25.7 Å². The van der Waals surface area contributed by atoms with Crippen LogP contribution in [0.4, 0.5) is 13.2 Å². The van der Waals surface area contributed by atoms with Gasteiger partial charge in [-0.1, -0.05) is 31.2 Å². The summed E-state index contributed by atoms with van der Waals surface area (Å²) in [7, 11) is 0. The van der Waals surface area contributed by atoms with Crippen LogP contribution in [0.5, 0.6) is 5.75 Å². The number of carboxylic acids is 1. The van der Waals surface area contributed by atoms with Crippen molar-refractivity contribution in [2.45, 2.75) is 70.2 Å². The number of hydrogen-bond donors (Lipinski definition) is 1. The molecular formula is C26H32F3NO3. The Morgan fingerprint density at radius 2 is 1.79 bits per heavy atom. The van der Waals surface area contributed by atoms with Gasteiger partial charge in [0.2, 0.25) is 0 Å². The lowest BCUT2D eigenvalue weighted by molar-refractivity contribution is -0.185. The van der Waals surface area contributed by atoms with Crippen molar-refractivity contribution in [2.75, 3.05) is 13.1 Å². The molecule has 2 aromatic carbocycles. The molecule has 1 aliphatic heterocycles. The molecule has 1 saturated carbocycles. The third kappa shape index (κ3) is 5.45. The van der Waals surface area contributed by atoms with Crippen LogP contribution < -0.4 is 4.74 Å². The quantitative estimate of drug-likeness (QED) is 0.525. The van der Waals surface area contributed by atoms with Crippen molar-refractivity contribution in [1.29, 1.82) is 0 Å². The average Bonchev–Trinajstić information content (AvgIpc) is 2.80. The summed E-state index contributed by atoms with van der Waals surface area (Å²) >= 11 is 0. The van der Waals surface area contributed by atoms with Gasteiger partial charge in [0.05, 0.1) is 17.9 Å². The zero-order valence-electron chi connectivity index (χ0n) is 19.0. The first-order valence-electron chi connectivity index (χ1n) is 12.0. The number of nitrogens with zero attached hydrogens (tertiary/aromatic N) is 1.